The van der Waals surface area contributed by atoms with E-state index in [2.05, 4.69) is 44.6 Å². The molecule has 1 amide bonds. The molecule has 0 saturated carbocycles. The van der Waals surface area contributed by atoms with Gasteiger partial charge in [0.2, 0.25) is 0 Å². The molecule has 33 heavy (non-hydrogen) atoms. The van der Waals surface area contributed by atoms with E-state index in [1.165, 1.54) is 0 Å². The van der Waals surface area contributed by atoms with Gasteiger partial charge in [0.15, 0.2) is 11.5 Å². The highest BCUT2D eigenvalue weighted by molar-refractivity contribution is 6.34. The van der Waals surface area contributed by atoms with E-state index in [0.717, 1.165) is 35.7 Å². The number of amides is 1. The van der Waals surface area contributed by atoms with Gasteiger partial charge in [-0.1, -0.05) is 11.6 Å². The maximum Gasteiger partial charge on any atom is 0.255 e. The third kappa shape index (κ3) is 3.94. The van der Waals surface area contributed by atoms with Gasteiger partial charge in [0.05, 0.1) is 39.9 Å². The number of piperazine rings is 1. The summed E-state index contributed by atoms with van der Waals surface area (Å²) in [7, 11) is 0. The number of hydrogen-bond acceptors (Lipinski definition) is 6. The van der Waals surface area contributed by atoms with E-state index >= 15 is 0 Å². The number of nitrogens with one attached hydrogen (secondary N) is 3. The van der Waals surface area contributed by atoms with Crippen LogP contribution in [0.1, 0.15) is 29.9 Å². The topological polar surface area (TPSA) is 103 Å². The Morgan fingerprint density at radius 2 is 2.12 bits per heavy atom. The van der Waals surface area contributed by atoms with E-state index in [4.69, 9.17) is 11.6 Å². The summed E-state index contributed by atoms with van der Waals surface area (Å²) in [5.74, 6) is 0.537. The molecule has 4 aromatic rings. The molecule has 1 saturated heterocycles. The minimum Gasteiger partial charge on any atom is -0.337 e. The second kappa shape index (κ2) is 8.17. The lowest BCUT2D eigenvalue weighted by Crippen LogP contribution is -2.59. The molecule has 0 radical (unpaired) electrons. The molecule has 0 spiro atoms. The summed E-state index contributed by atoms with van der Waals surface area (Å²) in [5.41, 5.74) is 4.28. The van der Waals surface area contributed by atoms with Crippen molar-refractivity contribution in [2.24, 2.45) is 0 Å². The second-order valence-corrected chi connectivity index (χ2v) is 9.23. The highest BCUT2D eigenvalue weighted by Gasteiger charge is 2.34. The summed E-state index contributed by atoms with van der Waals surface area (Å²) in [5, 5.41) is 13.9. The van der Waals surface area contributed by atoms with E-state index in [0.29, 0.717) is 28.6 Å². The summed E-state index contributed by atoms with van der Waals surface area (Å²) in [4.78, 5) is 24.3. The highest BCUT2D eigenvalue weighted by Crippen LogP contribution is 2.29. The van der Waals surface area contributed by atoms with Gasteiger partial charge in [-0.05, 0) is 39.0 Å². The van der Waals surface area contributed by atoms with E-state index in [-0.39, 0.29) is 11.4 Å². The van der Waals surface area contributed by atoms with Crippen molar-refractivity contribution in [1.29, 1.82) is 0 Å². The number of anilines is 2. The first kappa shape index (κ1) is 21.4. The Morgan fingerprint density at radius 3 is 2.85 bits per heavy atom. The van der Waals surface area contributed by atoms with Crippen LogP contribution in [-0.2, 0) is 0 Å². The molecule has 9 nitrogen and oxygen atoms in total. The standard InChI is InChI=1S/C23H25ClN8O/c1-14-12-31-19(15-9-27-28-10-15)11-26-21(31)20(29-14)30-16-4-5-17(18(24)8-16)22(33)32-7-6-25-13-23(32,2)3/h4-5,8-12,25H,6-7,13H2,1-3H3,(H,27,28)(H,29,30). The minimum absolute atomic E-state index is 0.0628. The molecule has 0 bridgehead atoms. The van der Waals surface area contributed by atoms with Gasteiger partial charge in [0.25, 0.3) is 5.91 Å². The van der Waals surface area contributed by atoms with Crippen LogP contribution < -0.4 is 10.6 Å². The van der Waals surface area contributed by atoms with Crippen LogP contribution in [0.3, 0.4) is 0 Å². The van der Waals surface area contributed by atoms with E-state index in [9.17, 15) is 4.79 Å². The molecule has 0 unspecified atom stereocenters. The molecule has 4 heterocycles. The fourth-order valence-corrected chi connectivity index (χ4v) is 4.47. The van der Waals surface area contributed by atoms with Crippen molar-refractivity contribution in [2.75, 3.05) is 25.0 Å². The van der Waals surface area contributed by atoms with Crippen LogP contribution in [0.2, 0.25) is 5.02 Å². The number of fused-ring (bicyclic) bond motifs is 1. The van der Waals surface area contributed by atoms with Crippen LogP contribution in [0.5, 0.6) is 0 Å². The van der Waals surface area contributed by atoms with Gasteiger partial charge in [-0.15, -0.1) is 0 Å². The zero-order valence-electron chi connectivity index (χ0n) is 18.7. The van der Waals surface area contributed by atoms with Gasteiger partial charge in [-0.2, -0.15) is 5.10 Å². The smallest absolute Gasteiger partial charge is 0.255 e. The van der Waals surface area contributed by atoms with Gasteiger partial charge in [-0.25, -0.2) is 9.97 Å². The van der Waals surface area contributed by atoms with Crippen molar-refractivity contribution in [3.8, 4) is 11.3 Å². The summed E-state index contributed by atoms with van der Waals surface area (Å²) < 4.78 is 1.97. The third-order valence-electron chi connectivity index (χ3n) is 5.91. The number of hydrogen-bond donors (Lipinski definition) is 3. The zero-order valence-corrected chi connectivity index (χ0v) is 19.4. The molecule has 10 heteroatoms. The lowest BCUT2D eigenvalue weighted by molar-refractivity contribution is 0.0477. The van der Waals surface area contributed by atoms with Crippen molar-refractivity contribution >= 4 is 34.7 Å². The zero-order chi connectivity index (χ0) is 23.2. The van der Waals surface area contributed by atoms with Crippen LogP contribution in [-0.4, -0.2) is 60.5 Å². The fourth-order valence-electron chi connectivity index (χ4n) is 4.21. The number of benzene rings is 1. The average Bonchev–Trinajstić information content (AvgIpc) is 3.43. The minimum atomic E-state index is -0.278. The number of rotatable bonds is 4. The van der Waals surface area contributed by atoms with Gasteiger partial charge >= 0.3 is 0 Å². The van der Waals surface area contributed by atoms with Gasteiger partial charge in [0.1, 0.15) is 0 Å². The molecular formula is C23H25ClN8O. The largest absolute Gasteiger partial charge is 0.337 e. The van der Waals surface area contributed by atoms with Crippen molar-refractivity contribution in [3.05, 3.63) is 59.3 Å². The number of carbonyl (C=O) groups is 1. The molecule has 170 valence electrons. The van der Waals surface area contributed by atoms with Crippen molar-refractivity contribution in [1.82, 2.24) is 34.8 Å². The Bertz CT molecular complexity index is 1330. The van der Waals surface area contributed by atoms with Crippen molar-refractivity contribution in [3.63, 3.8) is 0 Å². The van der Waals surface area contributed by atoms with Crippen LogP contribution in [0.15, 0.2) is 43.0 Å². The van der Waals surface area contributed by atoms with E-state index in [1.807, 2.05) is 34.7 Å². The number of aromatic nitrogens is 5. The molecular weight excluding hydrogens is 440 g/mol. The second-order valence-electron chi connectivity index (χ2n) is 8.82. The molecule has 1 aliphatic rings. The molecule has 3 N–H and O–H groups in total. The number of carbonyl (C=O) groups excluding carboxylic acids is 1. The number of aryl methyl sites for hydroxylation is 1. The first-order chi connectivity index (χ1) is 15.8. The quantitative estimate of drug-likeness (QED) is 0.426. The molecule has 1 aliphatic heterocycles. The Hall–Kier alpha value is -3.43. The fraction of sp³-hybridized carbons (Fsp3) is 0.304. The number of halogens is 1. The summed E-state index contributed by atoms with van der Waals surface area (Å²) in [6.07, 6.45) is 7.29. The third-order valence-corrected chi connectivity index (χ3v) is 6.23. The maximum atomic E-state index is 13.2. The van der Waals surface area contributed by atoms with Crippen LogP contribution in [0.25, 0.3) is 16.9 Å². The lowest BCUT2D eigenvalue weighted by Gasteiger charge is -2.43. The van der Waals surface area contributed by atoms with Gasteiger partial charge < -0.3 is 15.5 Å². The molecule has 0 atom stereocenters. The van der Waals surface area contributed by atoms with E-state index in [1.54, 1.807) is 24.5 Å². The van der Waals surface area contributed by atoms with Crippen molar-refractivity contribution in [2.45, 2.75) is 26.3 Å². The van der Waals surface area contributed by atoms with E-state index < -0.39 is 0 Å². The molecule has 1 aromatic carbocycles. The average molecular weight is 465 g/mol. The molecule has 0 aliphatic carbocycles. The summed E-state index contributed by atoms with van der Waals surface area (Å²) in [6.45, 7) is 8.19. The van der Waals surface area contributed by atoms with Gasteiger partial charge in [-0.3, -0.25) is 14.3 Å². The number of imidazole rings is 1. The summed E-state index contributed by atoms with van der Waals surface area (Å²) in [6, 6.07) is 5.36. The lowest BCUT2D eigenvalue weighted by atomic mass is 9.98. The SMILES string of the molecule is Cc1cn2c(-c3cn[nH]c3)cnc2c(Nc2ccc(C(=O)N3CCNCC3(C)C)c(Cl)c2)n1. The predicted molar refractivity (Wildman–Crippen MR) is 128 cm³/mol. The van der Waals surface area contributed by atoms with Crippen LogP contribution >= 0.6 is 11.6 Å². The Balaban J connectivity index is 1.45. The number of H-pyrrole nitrogens is 1. The Morgan fingerprint density at radius 1 is 1.27 bits per heavy atom. The monoisotopic (exact) mass is 464 g/mol. The van der Waals surface area contributed by atoms with Crippen LogP contribution in [0, 0.1) is 6.92 Å². The van der Waals surface area contributed by atoms with Crippen LogP contribution in [0.4, 0.5) is 11.5 Å². The maximum absolute atomic E-state index is 13.2. The first-order valence-corrected chi connectivity index (χ1v) is 11.1. The van der Waals surface area contributed by atoms with Gasteiger partial charge in [0, 0.05) is 43.3 Å². The highest BCUT2D eigenvalue weighted by atomic mass is 35.5. The molecule has 1 fully saturated rings. The Kier molecular flexibility index (Phi) is 5.30. The number of nitrogens with zero attached hydrogens (tertiary/aromatic N) is 5. The normalized spacial score (nSPS) is 15.7. The molecule has 5 rings (SSSR count). The van der Waals surface area contributed by atoms with Crippen molar-refractivity contribution < 1.29 is 4.79 Å². The summed E-state index contributed by atoms with van der Waals surface area (Å²) >= 11 is 6.57. The number of aromatic amines is 1. The first-order valence-electron chi connectivity index (χ1n) is 10.8. The Labute approximate surface area is 196 Å². The molecule has 3 aromatic heterocycles. The predicted octanol–water partition coefficient (Wildman–Crippen LogP) is 3.65.